The number of hydrogen-bond donors (Lipinski definition) is 2. The molecule has 0 amide bonds. The van der Waals surface area contributed by atoms with Gasteiger partial charge in [0.25, 0.3) is 0 Å². The molecule has 1 aliphatic heterocycles. The lowest BCUT2D eigenvalue weighted by Gasteiger charge is -2.37. The van der Waals surface area contributed by atoms with Gasteiger partial charge in [-0.3, -0.25) is 4.90 Å². The van der Waals surface area contributed by atoms with Crippen molar-refractivity contribution in [3.05, 3.63) is 24.3 Å². The molecule has 112 valence electrons. The number of hydrogen-bond acceptors (Lipinski definition) is 5. The van der Waals surface area contributed by atoms with E-state index < -0.39 is 10.0 Å². The number of benzene rings is 1. The van der Waals surface area contributed by atoms with Gasteiger partial charge in [-0.05, 0) is 32.3 Å². The first kappa shape index (κ1) is 15.2. The monoisotopic (exact) mass is 299 g/mol. The minimum Gasteiger partial charge on any atom is -0.508 e. The number of phenols is 1. The molecule has 20 heavy (non-hydrogen) atoms. The van der Waals surface area contributed by atoms with E-state index in [1.807, 2.05) is 14.1 Å². The number of rotatable bonds is 4. The highest BCUT2D eigenvalue weighted by Crippen LogP contribution is 2.16. The summed E-state index contributed by atoms with van der Waals surface area (Å²) in [5, 5.41) is 9.36. The molecule has 1 heterocycles. The minimum atomic E-state index is -3.58. The van der Waals surface area contributed by atoms with Crippen molar-refractivity contribution in [2.75, 3.05) is 40.3 Å². The number of aromatic hydroxyl groups is 1. The topological polar surface area (TPSA) is 72.9 Å². The summed E-state index contributed by atoms with van der Waals surface area (Å²) < 4.78 is 26.9. The second-order valence-corrected chi connectivity index (χ2v) is 7.01. The highest BCUT2D eigenvalue weighted by atomic mass is 32.2. The number of nitrogens with zero attached hydrogens (tertiary/aromatic N) is 2. The van der Waals surface area contributed by atoms with Gasteiger partial charge in [0.05, 0.1) is 4.90 Å². The fourth-order valence-electron chi connectivity index (χ4n) is 2.26. The van der Waals surface area contributed by atoms with Gasteiger partial charge in [0, 0.05) is 32.2 Å². The Morgan fingerprint density at radius 2 is 2.10 bits per heavy atom. The molecule has 1 saturated heterocycles. The van der Waals surface area contributed by atoms with Gasteiger partial charge in [-0.15, -0.1) is 0 Å². The lowest BCUT2D eigenvalue weighted by atomic mass is 10.2. The normalized spacial score (nSPS) is 22.0. The molecule has 1 unspecified atom stereocenters. The van der Waals surface area contributed by atoms with Crippen LogP contribution in [0.5, 0.6) is 5.75 Å². The predicted octanol–water partition coefficient (Wildman–Crippen LogP) is -0.0837. The van der Waals surface area contributed by atoms with Crippen LogP contribution in [0, 0.1) is 0 Å². The van der Waals surface area contributed by atoms with E-state index in [-0.39, 0.29) is 16.7 Å². The average Bonchev–Trinajstić information content (AvgIpc) is 2.40. The largest absolute Gasteiger partial charge is 0.508 e. The molecular formula is C13H21N3O3S. The van der Waals surface area contributed by atoms with Crippen molar-refractivity contribution < 1.29 is 13.5 Å². The zero-order chi connectivity index (χ0) is 14.8. The first-order valence-electron chi connectivity index (χ1n) is 6.56. The Morgan fingerprint density at radius 3 is 2.80 bits per heavy atom. The van der Waals surface area contributed by atoms with Crippen LogP contribution in [0.15, 0.2) is 29.2 Å². The number of piperazine rings is 1. The molecule has 1 aliphatic rings. The smallest absolute Gasteiger partial charge is 0.240 e. The highest BCUT2D eigenvalue weighted by Gasteiger charge is 2.24. The van der Waals surface area contributed by atoms with Gasteiger partial charge in [0.1, 0.15) is 5.75 Å². The van der Waals surface area contributed by atoms with Gasteiger partial charge >= 0.3 is 0 Å². The molecule has 0 aliphatic carbocycles. The van der Waals surface area contributed by atoms with E-state index in [2.05, 4.69) is 14.5 Å². The third-order valence-corrected chi connectivity index (χ3v) is 5.04. The van der Waals surface area contributed by atoms with E-state index in [1.54, 1.807) is 0 Å². The molecule has 0 aromatic heterocycles. The molecular weight excluding hydrogens is 278 g/mol. The van der Waals surface area contributed by atoms with Crippen molar-refractivity contribution in [3.8, 4) is 5.75 Å². The van der Waals surface area contributed by atoms with Crippen LogP contribution in [0.3, 0.4) is 0 Å². The van der Waals surface area contributed by atoms with Crippen molar-refractivity contribution in [2.24, 2.45) is 0 Å². The summed E-state index contributed by atoms with van der Waals surface area (Å²) in [6.07, 6.45) is 0. The van der Waals surface area contributed by atoms with E-state index in [1.165, 1.54) is 24.3 Å². The van der Waals surface area contributed by atoms with Gasteiger partial charge in [-0.25, -0.2) is 13.1 Å². The Hall–Kier alpha value is -1.15. The second-order valence-electron chi connectivity index (χ2n) is 5.25. The molecule has 0 spiro atoms. The second kappa shape index (κ2) is 6.09. The lowest BCUT2D eigenvalue weighted by Crippen LogP contribution is -2.54. The van der Waals surface area contributed by atoms with Crippen LogP contribution in [0.4, 0.5) is 0 Å². The Bertz CT molecular complexity index is 562. The molecule has 1 atom stereocenters. The number of sulfonamides is 1. The minimum absolute atomic E-state index is 0.0533. The van der Waals surface area contributed by atoms with Crippen LogP contribution in [-0.4, -0.2) is 69.6 Å². The third kappa shape index (κ3) is 3.69. The van der Waals surface area contributed by atoms with Gasteiger partial charge < -0.3 is 10.0 Å². The van der Waals surface area contributed by atoms with E-state index in [4.69, 9.17) is 0 Å². The van der Waals surface area contributed by atoms with Crippen LogP contribution in [0.25, 0.3) is 0 Å². The molecule has 2 N–H and O–H groups in total. The summed E-state index contributed by atoms with van der Waals surface area (Å²) in [7, 11) is 0.454. The van der Waals surface area contributed by atoms with Gasteiger partial charge in [0.2, 0.25) is 10.0 Å². The van der Waals surface area contributed by atoms with Crippen LogP contribution >= 0.6 is 0 Å². The standard InChI is InChI=1S/C13H21N3O3S/c1-15-6-7-16(2)11(10-15)9-14-20(18,19)13-5-3-4-12(17)8-13/h3-5,8,11,14,17H,6-7,9-10H2,1-2H3. The summed E-state index contributed by atoms with van der Waals surface area (Å²) >= 11 is 0. The van der Waals surface area contributed by atoms with Crippen molar-refractivity contribution in [2.45, 2.75) is 10.9 Å². The third-order valence-electron chi connectivity index (χ3n) is 3.62. The van der Waals surface area contributed by atoms with E-state index in [9.17, 15) is 13.5 Å². The molecule has 1 aromatic rings. The van der Waals surface area contributed by atoms with Crippen LogP contribution < -0.4 is 4.72 Å². The molecule has 7 heteroatoms. The van der Waals surface area contributed by atoms with Gasteiger partial charge in [-0.2, -0.15) is 0 Å². The summed E-state index contributed by atoms with van der Waals surface area (Å²) in [6.45, 7) is 3.11. The number of likely N-dealkylation sites (N-methyl/N-ethyl adjacent to an activating group) is 2. The van der Waals surface area contributed by atoms with Crippen molar-refractivity contribution in [1.29, 1.82) is 0 Å². The molecule has 0 saturated carbocycles. The quantitative estimate of drug-likeness (QED) is 0.813. The molecule has 0 bridgehead atoms. The average molecular weight is 299 g/mol. The maximum absolute atomic E-state index is 12.2. The summed E-state index contributed by atoms with van der Waals surface area (Å²) in [4.78, 5) is 4.43. The first-order valence-corrected chi connectivity index (χ1v) is 8.04. The van der Waals surface area contributed by atoms with Crippen LogP contribution in [0.1, 0.15) is 0 Å². The number of nitrogens with one attached hydrogen (secondary N) is 1. The Labute approximate surface area is 120 Å². The van der Waals surface area contributed by atoms with Crippen LogP contribution in [-0.2, 0) is 10.0 Å². The molecule has 1 aromatic carbocycles. The zero-order valence-electron chi connectivity index (χ0n) is 11.8. The maximum Gasteiger partial charge on any atom is 0.240 e. The predicted molar refractivity (Wildman–Crippen MR) is 77.2 cm³/mol. The summed E-state index contributed by atoms with van der Waals surface area (Å²) in [5.41, 5.74) is 0. The van der Waals surface area contributed by atoms with Crippen molar-refractivity contribution in [1.82, 2.24) is 14.5 Å². The fourth-order valence-corrected chi connectivity index (χ4v) is 3.37. The lowest BCUT2D eigenvalue weighted by molar-refractivity contribution is 0.117. The van der Waals surface area contributed by atoms with Gasteiger partial charge in [0.15, 0.2) is 0 Å². The highest BCUT2D eigenvalue weighted by molar-refractivity contribution is 7.89. The van der Waals surface area contributed by atoms with E-state index in [0.717, 1.165) is 19.6 Å². The molecule has 0 radical (unpaired) electrons. The molecule has 1 fully saturated rings. The van der Waals surface area contributed by atoms with Crippen molar-refractivity contribution in [3.63, 3.8) is 0 Å². The van der Waals surface area contributed by atoms with Crippen molar-refractivity contribution >= 4 is 10.0 Å². The maximum atomic E-state index is 12.2. The summed E-state index contributed by atoms with van der Waals surface area (Å²) in [5.74, 6) is -0.0533. The Balaban J connectivity index is 2.02. The molecule has 6 nitrogen and oxygen atoms in total. The fraction of sp³-hybridized carbons (Fsp3) is 0.538. The number of phenolic OH excluding ortho intramolecular Hbond substituents is 1. The van der Waals surface area contributed by atoms with Crippen LogP contribution in [0.2, 0.25) is 0 Å². The summed E-state index contributed by atoms with van der Waals surface area (Å²) in [6, 6.07) is 5.84. The van der Waals surface area contributed by atoms with E-state index >= 15 is 0 Å². The Kier molecular flexibility index (Phi) is 4.64. The SMILES string of the molecule is CN1CCN(C)C(CNS(=O)(=O)c2cccc(O)c2)C1. The van der Waals surface area contributed by atoms with Gasteiger partial charge in [-0.1, -0.05) is 6.07 Å². The Morgan fingerprint density at radius 1 is 1.35 bits per heavy atom. The first-order chi connectivity index (χ1) is 9.38. The molecule has 2 rings (SSSR count). The van der Waals surface area contributed by atoms with E-state index in [0.29, 0.717) is 6.54 Å². The zero-order valence-corrected chi connectivity index (χ0v) is 12.6.